The van der Waals surface area contributed by atoms with Gasteiger partial charge >= 0.3 is 0 Å². The van der Waals surface area contributed by atoms with Gasteiger partial charge in [0.25, 0.3) is 0 Å². The summed E-state index contributed by atoms with van der Waals surface area (Å²) < 4.78 is 0. The molecule has 1 rings (SSSR count). The molecule has 2 nitrogen and oxygen atoms in total. The van der Waals surface area contributed by atoms with E-state index >= 15 is 0 Å². The van der Waals surface area contributed by atoms with Crippen LogP contribution >= 0.6 is 24.8 Å². The molecule has 1 aliphatic rings. The topological polar surface area (TPSA) is 52.0 Å². The molecule has 0 aromatic carbocycles. The lowest BCUT2D eigenvalue weighted by atomic mass is 10.3. The highest BCUT2D eigenvalue weighted by atomic mass is 35.5. The number of rotatable bonds is 2. The summed E-state index contributed by atoms with van der Waals surface area (Å²) in [6.07, 6.45) is 1.27. The normalized spacial score (nSPS) is 30.0. The molecule has 0 radical (unpaired) electrons. The van der Waals surface area contributed by atoms with Crippen LogP contribution in [0, 0.1) is 11.8 Å². The molecule has 1 fully saturated rings. The highest BCUT2D eigenvalue weighted by molar-refractivity contribution is 5.85. The van der Waals surface area contributed by atoms with Gasteiger partial charge in [0.1, 0.15) is 0 Å². The van der Waals surface area contributed by atoms with Crippen molar-refractivity contribution >= 4 is 24.8 Å². The van der Waals surface area contributed by atoms with E-state index in [4.69, 9.17) is 11.5 Å². The zero-order valence-electron chi connectivity index (χ0n) is 5.25. The average molecular weight is 173 g/mol. The molecule has 0 aliphatic heterocycles. The maximum Gasteiger partial charge on any atom is -0.00456 e. The molecule has 4 N–H and O–H groups in total. The lowest BCUT2D eigenvalue weighted by Gasteiger charge is -1.86. The molecular weight excluding hydrogens is 159 g/mol. The van der Waals surface area contributed by atoms with Gasteiger partial charge in [0.15, 0.2) is 0 Å². The molecule has 9 heavy (non-hydrogen) atoms. The van der Waals surface area contributed by atoms with Crippen molar-refractivity contribution in [1.82, 2.24) is 0 Å². The predicted octanol–water partition coefficient (Wildman–Crippen LogP) is 0.384. The molecule has 0 spiro atoms. The van der Waals surface area contributed by atoms with Crippen LogP contribution in [-0.4, -0.2) is 13.1 Å². The maximum absolute atomic E-state index is 5.34. The standard InChI is InChI=1S/C5H12N2.2ClH/c6-2-4-1-5(4)3-7;;/h4-5H,1-3,6-7H2;2*1H. The second kappa shape index (κ2) is 5.30. The van der Waals surface area contributed by atoms with Crippen molar-refractivity contribution in [2.24, 2.45) is 23.3 Å². The summed E-state index contributed by atoms with van der Waals surface area (Å²) in [7, 11) is 0. The highest BCUT2D eigenvalue weighted by Gasteiger charge is 2.33. The molecule has 2 unspecified atom stereocenters. The molecule has 4 heteroatoms. The van der Waals surface area contributed by atoms with Crippen LogP contribution in [0.25, 0.3) is 0 Å². The molecule has 2 atom stereocenters. The van der Waals surface area contributed by atoms with Crippen LogP contribution in [0.4, 0.5) is 0 Å². The third kappa shape index (κ3) is 3.26. The average Bonchev–Trinajstić information content (AvgIpc) is 2.43. The SMILES string of the molecule is Cl.Cl.NCC1CC1CN. The molecule has 0 amide bonds. The van der Waals surface area contributed by atoms with Crippen LogP contribution in [0.3, 0.4) is 0 Å². The molecular formula is C5H14Cl2N2. The Bertz CT molecular complexity index is 62.0. The summed E-state index contributed by atoms with van der Waals surface area (Å²) >= 11 is 0. The number of hydrogen-bond acceptors (Lipinski definition) is 2. The largest absolute Gasteiger partial charge is 0.330 e. The third-order valence-corrected chi connectivity index (χ3v) is 1.67. The van der Waals surface area contributed by atoms with Crippen LogP contribution in [0.5, 0.6) is 0 Å². The fourth-order valence-corrected chi connectivity index (χ4v) is 0.888. The summed E-state index contributed by atoms with van der Waals surface area (Å²) in [5.74, 6) is 1.54. The zero-order chi connectivity index (χ0) is 5.28. The van der Waals surface area contributed by atoms with Gasteiger partial charge < -0.3 is 11.5 Å². The Labute approximate surface area is 68.2 Å². The van der Waals surface area contributed by atoms with E-state index in [1.54, 1.807) is 0 Å². The van der Waals surface area contributed by atoms with Crippen molar-refractivity contribution < 1.29 is 0 Å². The molecule has 0 heterocycles. The summed E-state index contributed by atoms with van der Waals surface area (Å²) in [4.78, 5) is 0. The van der Waals surface area contributed by atoms with E-state index in [0.717, 1.165) is 24.9 Å². The first kappa shape index (κ1) is 12.2. The Morgan fingerprint density at radius 1 is 1.00 bits per heavy atom. The minimum Gasteiger partial charge on any atom is -0.330 e. The first-order valence-corrected chi connectivity index (χ1v) is 2.78. The van der Waals surface area contributed by atoms with E-state index in [0.29, 0.717) is 0 Å². The van der Waals surface area contributed by atoms with E-state index in [1.165, 1.54) is 6.42 Å². The van der Waals surface area contributed by atoms with E-state index < -0.39 is 0 Å². The smallest absolute Gasteiger partial charge is 0.00456 e. The molecule has 1 aliphatic carbocycles. The minimum atomic E-state index is 0. The summed E-state index contributed by atoms with van der Waals surface area (Å²) in [6, 6.07) is 0. The van der Waals surface area contributed by atoms with Crippen molar-refractivity contribution in [3.05, 3.63) is 0 Å². The summed E-state index contributed by atoms with van der Waals surface area (Å²) in [5, 5.41) is 0. The van der Waals surface area contributed by atoms with Crippen molar-refractivity contribution in [1.29, 1.82) is 0 Å². The van der Waals surface area contributed by atoms with E-state index in [2.05, 4.69) is 0 Å². The monoisotopic (exact) mass is 172 g/mol. The van der Waals surface area contributed by atoms with Crippen LogP contribution < -0.4 is 11.5 Å². The van der Waals surface area contributed by atoms with Crippen LogP contribution in [0.1, 0.15) is 6.42 Å². The van der Waals surface area contributed by atoms with Gasteiger partial charge in [-0.15, -0.1) is 24.8 Å². The fraction of sp³-hybridized carbons (Fsp3) is 1.00. The van der Waals surface area contributed by atoms with Crippen molar-refractivity contribution in [3.8, 4) is 0 Å². The van der Waals surface area contributed by atoms with Gasteiger partial charge in [0, 0.05) is 0 Å². The van der Waals surface area contributed by atoms with Crippen molar-refractivity contribution in [2.45, 2.75) is 6.42 Å². The number of halogens is 2. The molecule has 0 bridgehead atoms. The Kier molecular flexibility index (Phi) is 7.18. The van der Waals surface area contributed by atoms with Gasteiger partial charge in [-0.25, -0.2) is 0 Å². The van der Waals surface area contributed by atoms with E-state index in [-0.39, 0.29) is 24.8 Å². The number of nitrogens with two attached hydrogens (primary N) is 2. The Balaban J connectivity index is 0. The molecule has 0 aromatic heterocycles. The second-order valence-electron chi connectivity index (χ2n) is 2.23. The Morgan fingerprint density at radius 3 is 1.44 bits per heavy atom. The van der Waals surface area contributed by atoms with Gasteiger partial charge in [-0.2, -0.15) is 0 Å². The lowest BCUT2D eigenvalue weighted by molar-refractivity contribution is 0.715. The Morgan fingerprint density at radius 2 is 1.33 bits per heavy atom. The van der Waals surface area contributed by atoms with E-state index in [9.17, 15) is 0 Å². The summed E-state index contributed by atoms with van der Waals surface area (Å²) in [6.45, 7) is 1.67. The zero-order valence-corrected chi connectivity index (χ0v) is 6.88. The second-order valence-corrected chi connectivity index (χ2v) is 2.23. The van der Waals surface area contributed by atoms with E-state index in [1.807, 2.05) is 0 Å². The number of hydrogen-bond donors (Lipinski definition) is 2. The fourth-order valence-electron chi connectivity index (χ4n) is 0.888. The predicted molar refractivity (Wildman–Crippen MR) is 44.2 cm³/mol. The van der Waals surface area contributed by atoms with Gasteiger partial charge in [-0.05, 0) is 31.3 Å². The first-order chi connectivity index (χ1) is 3.38. The molecule has 1 saturated carbocycles. The first-order valence-electron chi connectivity index (χ1n) is 2.78. The van der Waals surface area contributed by atoms with Crippen LogP contribution in [0.15, 0.2) is 0 Å². The highest BCUT2D eigenvalue weighted by Crippen LogP contribution is 2.35. The van der Waals surface area contributed by atoms with Crippen LogP contribution in [-0.2, 0) is 0 Å². The third-order valence-electron chi connectivity index (χ3n) is 1.67. The van der Waals surface area contributed by atoms with Crippen LogP contribution in [0.2, 0.25) is 0 Å². The maximum atomic E-state index is 5.34. The molecule has 58 valence electrons. The van der Waals surface area contributed by atoms with Gasteiger partial charge in [-0.1, -0.05) is 0 Å². The van der Waals surface area contributed by atoms with Crippen molar-refractivity contribution in [2.75, 3.05) is 13.1 Å². The Hall–Kier alpha value is 0.500. The minimum absolute atomic E-state index is 0. The summed E-state index contributed by atoms with van der Waals surface area (Å²) in [5.41, 5.74) is 10.7. The quantitative estimate of drug-likeness (QED) is 0.634. The van der Waals surface area contributed by atoms with Gasteiger partial charge in [-0.3, -0.25) is 0 Å². The molecule has 0 saturated heterocycles. The van der Waals surface area contributed by atoms with Crippen molar-refractivity contribution in [3.63, 3.8) is 0 Å². The van der Waals surface area contributed by atoms with Gasteiger partial charge in [0.2, 0.25) is 0 Å². The molecule has 0 aromatic rings. The lowest BCUT2D eigenvalue weighted by Crippen LogP contribution is -2.08. The van der Waals surface area contributed by atoms with Gasteiger partial charge in [0.05, 0.1) is 0 Å².